The van der Waals surface area contributed by atoms with Crippen molar-refractivity contribution in [3.8, 4) is 11.5 Å². The number of anilines is 2. The Bertz CT molecular complexity index is 1160. The summed E-state index contributed by atoms with van der Waals surface area (Å²) in [5.74, 6) is 0.246. The van der Waals surface area contributed by atoms with Gasteiger partial charge < -0.3 is 20.1 Å². The molecule has 0 saturated heterocycles. The molecule has 2 N–H and O–H groups in total. The third-order valence-corrected chi connectivity index (χ3v) is 5.62. The number of carbonyl (C=O) groups excluding carboxylic acids is 1. The molecule has 2 aromatic carbocycles. The van der Waals surface area contributed by atoms with E-state index in [2.05, 4.69) is 15.7 Å². The number of carbonyl (C=O) groups is 1. The van der Waals surface area contributed by atoms with Gasteiger partial charge in [0.2, 0.25) is 0 Å². The molecule has 2 atom stereocenters. The normalized spacial score (nSPS) is 17.6. The molecule has 0 bridgehead atoms. The van der Waals surface area contributed by atoms with Crippen molar-refractivity contribution >= 4 is 17.4 Å². The lowest BCUT2D eigenvalue weighted by Gasteiger charge is -2.34. The molecule has 2 unspecified atom stereocenters. The van der Waals surface area contributed by atoms with Gasteiger partial charge in [-0.1, -0.05) is 29.8 Å². The number of hydrogen-bond donors (Lipinski definition) is 2. The summed E-state index contributed by atoms with van der Waals surface area (Å²) < 4.78 is 53.0. The fourth-order valence-corrected chi connectivity index (χ4v) is 3.85. The van der Waals surface area contributed by atoms with E-state index in [1.807, 2.05) is 19.1 Å². The first-order chi connectivity index (χ1) is 15.7. The van der Waals surface area contributed by atoms with E-state index < -0.39 is 24.2 Å². The van der Waals surface area contributed by atoms with Gasteiger partial charge in [0, 0.05) is 12.5 Å². The molecule has 0 radical (unpaired) electrons. The van der Waals surface area contributed by atoms with Crippen LogP contribution in [0.3, 0.4) is 0 Å². The quantitative estimate of drug-likeness (QED) is 0.553. The Morgan fingerprint density at radius 1 is 1.15 bits per heavy atom. The molecule has 0 aliphatic carbocycles. The molecule has 4 rings (SSSR count). The van der Waals surface area contributed by atoms with Gasteiger partial charge >= 0.3 is 6.18 Å². The molecule has 1 aromatic heterocycles. The molecule has 1 aliphatic rings. The van der Waals surface area contributed by atoms with Crippen LogP contribution in [0.25, 0.3) is 0 Å². The summed E-state index contributed by atoms with van der Waals surface area (Å²) in [4.78, 5) is 13.1. The van der Waals surface area contributed by atoms with Crippen molar-refractivity contribution < 1.29 is 27.4 Å². The van der Waals surface area contributed by atoms with Crippen molar-refractivity contribution in [3.63, 3.8) is 0 Å². The number of alkyl halides is 3. The van der Waals surface area contributed by atoms with Gasteiger partial charge in [-0.2, -0.15) is 18.3 Å². The number of benzene rings is 2. The molecule has 1 aliphatic heterocycles. The van der Waals surface area contributed by atoms with Crippen LogP contribution in [0.2, 0.25) is 0 Å². The third kappa shape index (κ3) is 4.46. The van der Waals surface area contributed by atoms with E-state index in [0.29, 0.717) is 22.7 Å². The molecule has 0 saturated carbocycles. The number of aryl methyl sites for hydroxylation is 1. The van der Waals surface area contributed by atoms with Crippen molar-refractivity contribution in [2.75, 3.05) is 24.9 Å². The molecular formula is C23H23F3N4O3. The average molecular weight is 460 g/mol. The van der Waals surface area contributed by atoms with E-state index >= 15 is 0 Å². The van der Waals surface area contributed by atoms with Crippen LogP contribution < -0.4 is 20.1 Å². The van der Waals surface area contributed by atoms with Gasteiger partial charge in [-0.15, -0.1) is 0 Å². The number of halogens is 3. The maximum Gasteiger partial charge on any atom is 0.410 e. The van der Waals surface area contributed by atoms with E-state index in [-0.39, 0.29) is 17.8 Å². The lowest BCUT2D eigenvalue weighted by molar-refractivity contribution is -0.173. The Labute approximate surface area is 188 Å². The summed E-state index contributed by atoms with van der Waals surface area (Å²) in [6.45, 7) is 1.90. The summed E-state index contributed by atoms with van der Waals surface area (Å²) >= 11 is 0. The number of nitrogens with zero attached hydrogens (tertiary/aromatic N) is 2. The number of rotatable bonds is 5. The zero-order valence-electron chi connectivity index (χ0n) is 18.2. The van der Waals surface area contributed by atoms with Crippen LogP contribution >= 0.6 is 0 Å². The van der Waals surface area contributed by atoms with Gasteiger partial charge in [0.1, 0.15) is 22.9 Å². The van der Waals surface area contributed by atoms with Gasteiger partial charge in [-0.05, 0) is 24.6 Å². The fourth-order valence-electron chi connectivity index (χ4n) is 3.85. The number of nitrogens with one attached hydrogen (secondary N) is 2. The summed E-state index contributed by atoms with van der Waals surface area (Å²) in [7, 11) is 2.93. The Kier molecular flexibility index (Phi) is 5.92. The third-order valence-electron chi connectivity index (χ3n) is 5.62. The van der Waals surface area contributed by atoms with E-state index in [0.717, 1.165) is 16.4 Å². The molecule has 10 heteroatoms. The largest absolute Gasteiger partial charge is 0.497 e. The summed E-state index contributed by atoms with van der Waals surface area (Å²) in [6, 6.07) is 9.59. The smallest absolute Gasteiger partial charge is 0.410 e. The van der Waals surface area contributed by atoms with Crippen molar-refractivity contribution in [3.05, 3.63) is 65.4 Å². The lowest BCUT2D eigenvalue weighted by Crippen LogP contribution is -2.36. The minimum Gasteiger partial charge on any atom is -0.497 e. The van der Waals surface area contributed by atoms with Crippen LogP contribution in [0.5, 0.6) is 11.5 Å². The second-order valence-corrected chi connectivity index (χ2v) is 7.77. The van der Waals surface area contributed by atoms with Crippen molar-refractivity contribution in [2.45, 2.75) is 31.6 Å². The van der Waals surface area contributed by atoms with E-state index in [1.54, 1.807) is 30.3 Å². The minimum atomic E-state index is -4.53. The van der Waals surface area contributed by atoms with Crippen LogP contribution in [0.1, 0.15) is 40.0 Å². The summed E-state index contributed by atoms with van der Waals surface area (Å²) in [5.41, 5.74) is 2.01. The number of hydrogen-bond acceptors (Lipinski definition) is 5. The van der Waals surface area contributed by atoms with Crippen molar-refractivity contribution in [1.29, 1.82) is 0 Å². The van der Waals surface area contributed by atoms with E-state index in [9.17, 15) is 18.0 Å². The number of fused-ring (bicyclic) bond motifs is 1. The highest BCUT2D eigenvalue weighted by Gasteiger charge is 2.47. The maximum atomic E-state index is 13.9. The van der Waals surface area contributed by atoms with Crippen molar-refractivity contribution in [1.82, 2.24) is 9.78 Å². The van der Waals surface area contributed by atoms with Gasteiger partial charge in [-0.25, -0.2) is 4.68 Å². The number of aromatic nitrogens is 2. The average Bonchev–Trinajstić information content (AvgIpc) is 3.22. The van der Waals surface area contributed by atoms with Crippen molar-refractivity contribution in [2.24, 2.45) is 0 Å². The molecule has 1 amide bonds. The predicted molar refractivity (Wildman–Crippen MR) is 117 cm³/mol. The molecule has 0 fully saturated rings. The molecule has 33 heavy (non-hydrogen) atoms. The highest BCUT2D eigenvalue weighted by Crippen LogP contribution is 2.44. The van der Waals surface area contributed by atoms with Crippen LogP contribution in [-0.2, 0) is 0 Å². The highest BCUT2D eigenvalue weighted by atomic mass is 19.4. The zero-order valence-corrected chi connectivity index (χ0v) is 18.2. The Morgan fingerprint density at radius 2 is 1.88 bits per heavy atom. The van der Waals surface area contributed by atoms with Gasteiger partial charge in [-0.3, -0.25) is 4.79 Å². The van der Waals surface area contributed by atoms with Crippen LogP contribution in [0, 0.1) is 6.92 Å². The molecule has 3 aromatic rings. The Morgan fingerprint density at radius 3 is 2.52 bits per heavy atom. The second-order valence-electron chi connectivity index (χ2n) is 7.77. The molecular weight excluding hydrogens is 437 g/mol. The standard InChI is InChI=1S/C23H23F3N4O3/c1-13-4-6-14(7-5-13)17-11-20(23(24,25)26)30-21(28-17)16(12-27-30)22(31)29-18-10-15(32-2)8-9-19(18)33-3/h4-10,12,17,20,28H,11H2,1-3H3,(H,29,31). The fraction of sp³-hybridized carbons (Fsp3) is 0.304. The maximum absolute atomic E-state index is 13.9. The summed E-state index contributed by atoms with van der Waals surface area (Å²) in [6.07, 6.45) is -3.64. The number of ether oxygens (including phenoxy) is 2. The minimum absolute atomic E-state index is 0.00788. The van der Waals surface area contributed by atoms with Gasteiger partial charge in [0.25, 0.3) is 5.91 Å². The predicted octanol–water partition coefficient (Wildman–Crippen LogP) is 5.12. The SMILES string of the molecule is COc1ccc(OC)c(NC(=O)c2cnn3c2NC(c2ccc(C)cc2)CC3C(F)(F)F)c1. The van der Waals surface area contributed by atoms with Crippen LogP contribution in [-0.4, -0.2) is 36.1 Å². The second kappa shape index (κ2) is 8.68. The Balaban J connectivity index is 1.69. The summed E-state index contributed by atoms with van der Waals surface area (Å²) in [5, 5.41) is 9.67. The van der Waals surface area contributed by atoms with E-state index in [4.69, 9.17) is 9.47 Å². The molecule has 174 valence electrons. The van der Waals surface area contributed by atoms with E-state index in [1.165, 1.54) is 14.2 Å². The highest BCUT2D eigenvalue weighted by molar-refractivity contribution is 6.08. The van der Waals surface area contributed by atoms with Crippen LogP contribution in [0.4, 0.5) is 24.7 Å². The number of methoxy groups -OCH3 is 2. The zero-order chi connectivity index (χ0) is 23.8. The number of amides is 1. The first-order valence-corrected chi connectivity index (χ1v) is 10.2. The van der Waals surface area contributed by atoms with Gasteiger partial charge in [0.05, 0.1) is 32.1 Å². The monoisotopic (exact) mass is 460 g/mol. The lowest BCUT2D eigenvalue weighted by atomic mass is 9.96. The Hall–Kier alpha value is -3.69. The molecule has 0 spiro atoms. The molecule has 2 heterocycles. The first-order valence-electron chi connectivity index (χ1n) is 10.2. The van der Waals surface area contributed by atoms with Crippen LogP contribution in [0.15, 0.2) is 48.7 Å². The molecule has 7 nitrogen and oxygen atoms in total. The topological polar surface area (TPSA) is 77.4 Å². The first kappa shape index (κ1) is 22.5. The van der Waals surface area contributed by atoms with Gasteiger partial charge in [0.15, 0.2) is 6.04 Å².